The van der Waals surface area contributed by atoms with Crippen LogP contribution in [0.1, 0.15) is 16.2 Å². The third-order valence-corrected chi connectivity index (χ3v) is 1.72. The van der Waals surface area contributed by atoms with E-state index in [0.29, 0.717) is 22.9 Å². The summed E-state index contributed by atoms with van der Waals surface area (Å²) in [6.45, 7) is -0.542. The first-order chi connectivity index (χ1) is 6.33. The van der Waals surface area contributed by atoms with Crippen molar-refractivity contribution in [2.45, 2.75) is 6.67 Å². The first kappa shape index (κ1) is 7.91. The van der Waals surface area contributed by atoms with Gasteiger partial charge in [0, 0.05) is 0 Å². The molecule has 2 aromatic rings. The Morgan fingerprint density at radius 2 is 2.38 bits per heavy atom. The van der Waals surface area contributed by atoms with Crippen LogP contribution in [0.5, 0.6) is 0 Å². The second kappa shape index (κ2) is 2.97. The molecular weight excluding hydrogens is 173 g/mol. The zero-order chi connectivity index (χ0) is 9.26. The van der Waals surface area contributed by atoms with Gasteiger partial charge in [0.25, 0.3) is 5.89 Å². The molecule has 4 heteroatoms. The summed E-state index contributed by atoms with van der Waals surface area (Å²) in [4.78, 5) is 14.1. The van der Waals surface area contributed by atoms with Crippen LogP contribution >= 0.6 is 0 Å². The zero-order valence-corrected chi connectivity index (χ0v) is 6.66. The van der Waals surface area contributed by atoms with Crippen LogP contribution in [0.4, 0.5) is 4.39 Å². The SMILES string of the molecule is O=Cc1nc2cc(CF)ccc2o1. The summed E-state index contributed by atoms with van der Waals surface area (Å²) < 4.78 is 17.2. The molecule has 1 heterocycles. The average Bonchev–Trinajstić information content (AvgIpc) is 2.58. The van der Waals surface area contributed by atoms with E-state index in [9.17, 15) is 9.18 Å². The summed E-state index contributed by atoms with van der Waals surface area (Å²) in [7, 11) is 0. The molecule has 3 nitrogen and oxygen atoms in total. The van der Waals surface area contributed by atoms with Crippen LogP contribution in [0.2, 0.25) is 0 Å². The Morgan fingerprint density at radius 3 is 3.08 bits per heavy atom. The number of hydrogen-bond acceptors (Lipinski definition) is 3. The Kier molecular flexibility index (Phi) is 1.81. The summed E-state index contributed by atoms with van der Waals surface area (Å²) in [5.41, 5.74) is 1.54. The molecule has 0 saturated carbocycles. The van der Waals surface area contributed by atoms with E-state index in [-0.39, 0.29) is 5.89 Å². The number of aromatic nitrogens is 1. The van der Waals surface area contributed by atoms with Crippen LogP contribution in [0.25, 0.3) is 11.1 Å². The van der Waals surface area contributed by atoms with Gasteiger partial charge >= 0.3 is 0 Å². The van der Waals surface area contributed by atoms with Gasteiger partial charge in [-0.2, -0.15) is 0 Å². The summed E-state index contributed by atoms with van der Waals surface area (Å²) >= 11 is 0. The molecule has 1 aromatic heterocycles. The predicted molar refractivity (Wildman–Crippen MR) is 44.2 cm³/mol. The summed E-state index contributed by atoms with van der Waals surface area (Å²) in [6.07, 6.45) is 0.523. The van der Waals surface area contributed by atoms with Gasteiger partial charge < -0.3 is 4.42 Å². The number of halogens is 1. The molecule has 0 radical (unpaired) electrons. The molecule has 0 N–H and O–H groups in total. The quantitative estimate of drug-likeness (QED) is 0.663. The summed E-state index contributed by atoms with van der Waals surface area (Å²) in [5.74, 6) is 0.0195. The normalized spacial score (nSPS) is 10.5. The van der Waals surface area contributed by atoms with Gasteiger partial charge in [-0.25, -0.2) is 9.37 Å². The van der Waals surface area contributed by atoms with Crippen molar-refractivity contribution in [2.75, 3.05) is 0 Å². The lowest BCUT2D eigenvalue weighted by Crippen LogP contribution is -1.78. The van der Waals surface area contributed by atoms with Gasteiger partial charge in [-0.05, 0) is 17.7 Å². The molecule has 0 aliphatic carbocycles. The highest BCUT2D eigenvalue weighted by Gasteiger charge is 2.04. The fraction of sp³-hybridized carbons (Fsp3) is 0.111. The highest BCUT2D eigenvalue weighted by atomic mass is 19.1. The highest BCUT2D eigenvalue weighted by Crippen LogP contribution is 2.16. The Balaban J connectivity index is 2.63. The van der Waals surface area contributed by atoms with Gasteiger partial charge in [-0.3, -0.25) is 4.79 Å². The van der Waals surface area contributed by atoms with E-state index in [0.717, 1.165) is 0 Å². The number of hydrogen-bond donors (Lipinski definition) is 0. The molecule has 1 aromatic carbocycles. The largest absolute Gasteiger partial charge is 0.434 e. The third kappa shape index (κ3) is 1.30. The molecule has 0 saturated heterocycles. The fourth-order valence-corrected chi connectivity index (χ4v) is 1.12. The minimum absolute atomic E-state index is 0.0195. The van der Waals surface area contributed by atoms with Crippen molar-refractivity contribution in [1.29, 1.82) is 0 Å². The second-order valence-electron chi connectivity index (χ2n) is 2.61. The van der Waals surface area contributed by atoms with Crippen molar-refractivity contribution < 1.29 is 13.6 Å². The monoisotopic (exact) mass is 179 g/mol. The summed E-state index contributed by atoms with van der Waals surface area (Å²) in [5, 5.41) is 0. The average molecular weight is 179 g/mol. The molecule has 0 fully saturated rings. The van der Waals surface area contributed by atoms with Crippen LogP contribution in [0, 0.1) is 0 Å². The fourth-order valence-electron chi connectivity index (χ4n) is 1.12. The zero-order valence-electron chi connectivity index (χ0n) is 6.66. The first-order valence-electron chi connectivity index (χ1n) is 3.74. The number of rotatable bonds is 2. The molecular formula is C9H6FNO2. The number of aldehydes is 1. The molecule has 0 atom stereocenters. The predicted octanol–water partition coefficient (Wildman–Crippen LogP) is 2.11. The maximum atomic E-state index is 12.2. The Hall–Kier alpha value is -1.71. The van der Waals surface area contributed by atoms with Gasteiger partial charge in [0.1, 0.15) is 12.2 Å². The number of benzene rings is 1. The Labute approximate surface area is 73.2 Å². The molecule has 0 bridgehead atoms. The van der Waals surface area contributed by atoms with Crippen molar-refractivity contribution in [1.82, 2.24) is 4.98 Å². The number of carbonyl (C=O) groups excluding carboxylic acids is 1. The van der Waals surface area contributed by atoms with E-state index in [1.807, 2.05) is 0 Å². The van der Waals surface area contributed by atoms with Gasteiger partial charge in [0.2, 0.25) is 6.29 Å². The van der Waals surface area contributed by atoms with Crippen LogP contribution in [-0.2, 0) is 6.67 Å². The minimum atomic E-state index is -0.542. The van der Waals surface area contributed by atoms with Crippen LogP contribution in [-0.4, -0.2) is 11.3 Å². The number of fused-ring (bicyclic) bond motifs is 1. The number of nitrogens with zero attached hydrogens (tertiary/aromatic N) is 1. The molecule has 0 aliphatic heterocycles. The van der Waals surface area contributed by atoms with Crippen LogP contribution < -0.4 is 0 Å². The van der Waals surface area contributed by atoms with Gasteiger partial charge in [-0.1, -0.05) is 6.07 Å². The van der Waals surface area contributed by atoms with E-state index in [2.05, 4.69) is 4.98 Å². The van der Waals surface area contributed by atoms with Crippen molar-refractivity contribution in [3.8, 4) is 0 Å². The maximum absolute atomic E-state index is 12.2. The molecule has 13 heavy (non-hydrogen) atoms. The van der Waals surface area contributed by atoms with E-state index in [4.69, 9.17) is 4.42 Å². The molecule has 0 unspecified atom stereocenters. The lowest BCUT2D eigenvalue weighted by molar-refractivity contribution is 0.109. The molecule has 66 valence electrons. The van der Waals surface area contributed by atoms with Crippen LogP contribution in [0.3, 0.4) is 0 Å². The molecule has 2 rings (SSSR count). The summed E-state index contributed by atoms with van der Waals surface area (Å²) in [6, 6.07) is 4.76. The first-order valence-corrected chi connectivity index (χ1v) is 3.74. The van der Waals surface area contributed by atoms with E-state index in [1.165, 1.54) is 0 Å². The van der Waals surface area contributed by atoms with Crippen molar-refractivity contribution in [3.05, 3.63) is 29.7 Å². The van der Waals surface area contributed by atoms with Gasteiger partial charge in [0.05, 0.1) is 0 Å². The smallest absolute Gasteiger partial charge is 0.260 e. The highest BCUT2D eigenvalue weighted by molar-refractivity contribution is 5.79. The van der Waals surface area contributed by atoms with E-state index < -0.39 is 6.67 Å². The topological polar surface area (TPSA) is 43.1 Å². The molecule has 0 aliphatic rings. The van der Waals surface area contributed by atoms with Crippen LogP contribution in [0.15, 0.2) is 22.6 Å². The van der Waals surface area contributed by atoms with Crippen molar-refractivity contribution in [3.63, 3.8) is 0 Å². The number of carbonyl (C=O) groups is 1. The lowest BCUT2D eigenvalue weighted by atomic mass is 10.2. The van der Waals surface area contributed by atoms with Crippen molar-refractivity contribution >= 4 is 17.4 Å². The molecule has 0 amide bonds. The minimum Gasteiger partial charge on any atom is -0.434 e. The van der Waals surface area contributed by atoms with E-state index in [1.54, 1.807) is 18.2 Å². The van der Waals surface area contributed by atoms with Crippen molar-refractivity contribution in [2.24, 2.45) is 0 Å². The third-order valence-electron chi connectivity index (χ3n) is 1.72. The Bertz CT molecular complexity index is 450. The lowest BCUT2D eigenvalue weighted by Gasteiger charge is -1.90. The van der Waals surface area contributed by atoms with Gasteiger partial charge in [0.15, 0.2) is 5.58 Å². The second-order valence-corrected chi connectivity index (χ2v) is 2.61. The number of alkyl halides is 1. The molecule has 0 spiro atoms. The number of oxazole rings is 1. The maximum Gasteiger partial charge on any atom is 0.260 e. The van der Waals surface area contributed by atoms with E-state index >= 15 is 0 Å². The van der Waals surface area contributed by atoms with Gasteiger partial charge in [-0.15, -0.1) is 0 Å². The Morgan fingerprint density at radius 1 is 1.54 bits per heavy atom. The standard InChI is InChI=1S/C9H6FNO2/c10-4-6-1-2-8-7(3-6)11-9(5-12)13-8/h1-3,5H,4H2.